The van der Waals surface area contributed by atoms with Gasteiger partial charge in [0.25, 0.3) is 10.0 Å². The van der Waals surface area contributed by atoms with E-state index in [1.165, 1.54) is 25.5 Å². The highest BCUT2D eigenvalue weighted by atomic mass is 32.2. The molecule has 0 radical (unpaired) electrons. The Labute approximate surface area is 113 Å². The van der Waals surface area contributed by atoms with Gasteiger partial charge in [0, 0.05) is 0 Å². The minimum absolute atomic E-state index is 0.00410. The summed E-state index contributed by atoms with van der Waals surface area (Å²) in [6, 6.07) is 5.21. The molecule has 0 aromatic heterocycles. The number of rotatable bonds is 4. The molecule has 0 aliphatic rings. The molecule has 0 saturated heterocycles. The fraction of sp³-hybridized carbons (Fsp3) is 0.364. The molecular formula is C11H17N2O4PS. The third-order valence-corrected chi connectivity index (χ3v) is 4.45. The lowest BCUT2D eigenvalue weighted by Gasteiger charge is -2.10. The summed E-state index contributed by atoms with van der Waals surface area (Å²) < 4.78 is 36.9. The molecular weight excluding hydrogens is 287 g/mol. The Bertz CT molecular complexity index is 604. The Morgan fingerprint density at radius 2 is 1.74 bits per heavy atom. The Morgan fingerprint density at radius 3 is 2.21 bits per heavy atom. The third-order valence-electron chi connectivity index (χ3n) is 2.18. The van der Waals surface area contributed by atoms with E-state index in [0.717, 1.165) is 5.56 Å². The molecule has 8 heteroatoms. The van der Waals surface area contributed by atoms with Crippen molar-refractivity contribution in [3.05, 3.63) is 29.8 Å². The SMILES string of the molecule is Cc1ccc(S(=O)(=O)NC(=O)NCP(C)(C)=O)cc1. The van der Waals surface area contributed by atoms with Crippen molar-refractivity contribution < 1.29 is 17.8 Å². The van der Waals surface area contributed by atoms with Gasteiger partial charge in [-0.1, -0.05) is 17.7 Å². The second-order valence-electron chi connectivity index (χ2n) is 4.66. The molecule has 106 valence electrons. The van der Waals surface area contributed by atoms with Crippen LogP contribution in [0.15, 0.2) is 29.2 Å². The summed E-state index contributed by atoms with van der Waals surface area (Å²) in [5.41, 5.74) is 0.918. The van der Waals surface area contributed by atoms with Crippen molar-refractivity contribution in [3.8, 4) is 0 Å². The number of carbonyl (C=O) groups excluding carboxylic acids is 1. The van der Waals surface area contributed by atoms with Crippen molar-refractivity contribution in [2.24, 2.45) is 0 Å². The molecule has 2 N–H and O–H groups in total. The lowest BCUT2D eigenvalue weighted by atomic mass is 10.2. The molecule has 0 bridgehead atoms. The van der Waals surface area contributed by atoms with Crippen LogP contribution in [0.5, 0.6) is 0 Å². The average Bonchev–Trinajstić information content (AvgIpc) is 2.25. The topological polar surface area (TPSA) is 92.3 Å². The predicted molar refractivity (Wildman–Crippen MR) is 74.4 cm³/mol. The molecule has 0 heterocycles. The largest absolute Gasteiger partial charge is 0.330 e. The van der Waals surface area contributed by atoms with Crippen LogP contribution in [-0.4, -0.2) is 34.1 Å². The molecule has 0 spiro atoms. The van der Waals surface area contributed by atoms with E-state index in [-0.39, 0.29) is 11.2 Å². The molecule has 2 amide bonds. The van der Waals surface area contributed by atoms with Gasteiger partial charge in [-0.25, -0.2) is 17.9 Å². The maximum absolute atomic E-state index is 11.8. The van der Waals surface area contributed by atoms with Crippen LogP contribution in [0.4, 0.5) is 4.79 Å². The first kappa shape index (κ1) is 15.7. The minimum atomic E-state index is -3.90. The van der Waals surface area contributed by atoms with Gasteiger partial charge < -0.3 is 9.88 Å². The normalized spacial score (nSPS) is 11.9. The number of hydrogen-bond donors (Lipinski definition) is 2. The second kappa shape index (κ2) is 5.75. The van der Waals surface area contributed by atoms with Crippen molar-refractivity contribution in [3.63, 3.8) is 0 Å². The van der Waals surface area contributed by atoms with E-state index in [2.05, 4.69) is 5.32 Å². The quantitative estimate of drug-likeness (QED) is 0.826. The van der Waals surface area contributed by atoms with E-state index >= 15 is 0 Å². The fourth-order valence-electron chi connectivity index (χ4n) is 1.20. The summed E-state index contributed by atoms with van der Waals surface area (Å²) in [5.74, 6) is 0. The zero-order chi connectivity index (χ0) is 14.7. The Balaban J connectivity index is 2.72. The van der Waals surface area contributed by atoms with Crippen LogP contribution in [0.1, 0.15) is 5.56 Å². The molecule has 0 aliphatic carbocycles. The van der Waals surface area contributed by atoms with Gasteiger partial charge in [0.1, 0.15) is 7.14 Å². The highest BCUT2D eigenvalue weighted by molar-refractivity contribution is 7.90. The van der Waals surface area contributed by atoms with Crippen LogP contribution in [-0.2, 0) is 14.6 Å². The Kier molecular flexibility index (Phi) is 4.76. The number of hydrogen-bond acceptors (Lipinski definition) is 4. The van der Waals surface area contributed by atoms with Crippen LogP contribution >= 0.6 is 7.14 Å². The van der Waals surface area contributed by atoms with Crippen molar-refractivity contribution >= 4 is 23.2 Å². The smallest absolute Gasteiger partial charge is 0.329 e. The van der Waals surface area contributed by atoms with Crippen molar-refractivity contribution in [2.45, 2.75) is 11.8 Å². The molecule has 1 aromatic rings. The maximum atomic E-state index is 11.8. The van der Waals surface area contributed by atoms with Crippen molar-refractivity contribution in [1.29, 1.82) is 0 Å². The van der Waals surface area contributed by atoms with E-state index in [1.807, 2.05) is 11.6 Å². The number of urea groups is 1. The van der Waals surface area contributed by atoms with Gasteiger partial charge >= 0.3 is 6.03 Å². The van der Waals surface area contributed by atoms with Crippen LogP contribution in [0.25, 0.3) is 0 Å². The number of nitrogens with one attached hydrogen (secondary N) is 2. The molecule has 0 fully saturated rings. The van der Waals surface area contributed by atoms with Crippen molar-refractivity contribution in [2.75, 3.05) is 19.6 Å². The molecule has 0 aliphatic heterocycles. The fourth-order valence-corrected chi connectivity index (χ4v) is 2.65. The number of sulfonamides is 1. The standard InChI is InChI=1S/C11H17N2O4PS/c1-9-4-6-10(7-5-9)19(16,17)13-11(14)12-8-18(2,3)15/h4-7H,8H2,1-3H3,(H2,12,13,14). The summed E-state index contributed by atoms with van der Waals surface area (Å²) in [7, 11) is -6.33. The predicted octanol–water partition coefficient (Wildman–Crippen LogP) is 1.56. The van der Waals surface area contributed by atoms with Gasteiger partial charge in [0.15, 0.2) is 0 Å². The van der Waals surface area contributed by atoms with Gasteiger partial charge in [0.2, 0.25) is 0 Å². The molecule has 1 rings (SSSR count). The molecule has 19 heavy (non-hydrogen) atoms. The lowest BCUT2D eigenvalue weighted by molar-refractivity contribution is 0.247. The van der Waals surface area contributed by atoms with Crippen molar-refractivity contribution in [1.82, 2.24) is 10.0 Å². The number of amides is 2. The molecule has 0 atom stereocenters. The number of benzene rings is 1. The van der Waals surface area contributed by atoms with Crippen LogP contribution < -0.4 is 10.0 Å². The van der Waals surface area contributed by atoms with Gasteiger partial charge in [-0.05, 0) is 32.4 Å². The molecule has 0 unspecified atom stereocenters. The summed E-state index contributed by atoms with van der Waals surface area (Å²) in [5, 5.41) is 2.27. The second-order valence-corrected chi connectivity index (χ2v) is 9.80. The zero-order valence-electron chi connectivity index (χ0n) is 11.0. The monoisotopic (exact) mass is 304 g/mol. The first-order valence-corrected chi connectivity index (χ1v) is 9.78. The summed E-state index contributed by atoms with van der Waals surface area (Å²) in [6.07, 6.45) is -0.0533. The summed E-state index contributed by atoms with van der Waals surface area (Å²) in [6.45, 7) is 4.83. The van der Waals surface area contributed by atoms with E-state index < -0.39 is 23.2 Å². The molecule has 1 aromatic carbocycles. The van der Waals surface area contributed by atoms with Crippen LogP contribution in [0.3, 0.4) is 0 Å². The van der Waals surface area contributed by atoms with E-state index in [9.17, 15) is 17.8 Å². The van der Waals surface area contributed by atoms with Gasteiger partial charge in [-0.2, -0.15) is 0 Å². The first-order valence-electron chi connectivity index (χ1n) is 5.51. The summed E-state index contributed by atoms with van der Waals surface area (Å²) in [4.78, 5) is 11.4. The molecule has 0 saturated carbocycles. The Morgan fingerprint density at radius 1 is 1.21 bits per heavy atom. The summed E-state index contributed by atoms with van der Waals surface area (Å²) >= 11 is 0. The van der Waals surface area contributed by atoms with Gasteiger partial charge in [0.05, 0.1) is 11.2 Å². The van der Waals surface area contributed by atoms with Crippen LogP contribution in [0, 0.1) is 6.92 Å². The first-order chi connectivity index (χ1) is 8.60. The van der Waals surface area contributed by atoms with Crippen LogP contribution in [0.2, 0.25) is 0 Å². The molecule has 6 nitrogen and oxygen atoms in total. The van der Waals surface area contributed by atoms with Gasteiger partial charge in [-0.3, -0.25) is 0 Å². The highest BCUT2D eigenvalue weighted by Crippen LogP contribution is 2.33. The Hall–Kier alpha value is -1.33. The average molecular weight is 304 g/mol. The lowest BCUT2D eigenvalue weighted by Crippen LogP contribution is -2.39. The minimum Gasteiger partial charge on any atom is -0.330 e. The van der Waals surface area contributed by atoms with E-state index in [0.29, 0.717) is 0 Å². The van der Waals surface area contributed by atoms with E-state index in [1.54, 1.807) is 12.1 Å². The number of aryl methyl sites for hydroxylation is 1. The zero-order valence-corrected chi connectivity index (χ0v) is 12.7. The maximum Gasteiger partial charge on any atom is 0.329 e. The highest BCUT2D eigenvalue weighted by Gasteiger charge is 2.18. The number of carbonyl (C=O) groups is 1. The van der Waals surface area contributed by atoms with E-state index in [4.69, 9.17) is 0 Å². The van der Waals surface area contributed by atoms with Gasteiger partial charge in [-0.15, -0.1) is 0 Å². The third kappa shape index (κ3) is 5.44.